The molecule has 0 atom stereocenters. The molecule has 1 heterocycles. The average Bonchev–Trinajstić information content (AvgIpc) is 3.35. The minimum Gasteiger partial charge on any atom is -0.507 e. The maximum absolute atomic E-state index is 12.4. The van der Waals surface area contributed by atoms with E-state index in [0.29, 0.717) is 16.4 Å². The van der Waals surface area contributed by atoms with Crippen LogP contribution in [-0.2, 0) is 4.74 Å². The van der Waals surface area contributed by atoms with Gasteiger partial charge in [0.15, 0.2) is 5.13 Å². The van der Waals surface area contributed by atoms with Crippen molar-refractivity contribution in [2.45, 2.75) is 5.92 Å². The van der Waals surface area contributed by atoms with Crippen LogP contribution in [0.2, 0.25) is 0 Å². The second-order valence-electron chi connectivity index (χ2n) is 7.01. The number of phenols is 1. The summed E-state index contributed by atoms with van der Waals surface area (Å²) < 4.78 is 5.55. The number of thiazole rings is 1. The molecule has 1 aliphatic carbocycles. The van der Waals surface area contributed by atoms with Crippen LogP contribution < -0.4 is 5.32 Å². The number of carbonyl (C=O) groups excluding carboxylic acids is 1. The number of para-hydroxylation sites is 1. The van der Waals surface area contributed by atoms with Crippen molar-refractivity contribution >= 4 is 22.6 Å². The second-order valence-corrected chi connectivity index (χ2v) is 7.86. The van der Waals surface area contributed by atoms with Crippen LogP contribution in [0.1, 0.15) is 17.0 Å². The zero-order valence-corrected chi connectivity index (χ0v) is 16.7. The molecule has 148 valence electrons. The van der Waals surface area contributed by atoms with E-state index in [1.807, 2.05) is 30.3 Å². The highest BCUT2D eigenvalue weighted by Gasteiger charge is 2.29. The first-order valence-corrected chi connectivity index (χ1v) is 10.4. The number of amides is 1. The Morgan fingerprint density at radius 3 is 2.20 bits per heavy atom. The summed E-state index contributed by atoms with van der Waals surface area (Å²) >= 11 is 1.28. The fourth-order valence-corrected chi connectivity index (χ4v) is 4.56. The van der Waals surface area contributed by atoms with E-state index >= 15 is 0 Å². The van der Waals surface area contributed by atoms with Crippen LogP contribution in [0, 0.1) is 0 Å². The Bertz CT molecular complexity index is 1190. The number of benzene rings is 3. The summed E-state index contributed by atoms with van der Waals surface area (Å²) in [5.41, 5.74) is 5.94. The minimum absolute atomic E-state index is 0.0104. The molecule has 1 aromatic heterocycles. The Hall–Kier alpha value is -3.64. The number of phenolic OH excluding ortho intramolecular Hbond substituents is 1. The highest BCUT2D eigenvalue weighted by atomic mass is 32.1. The molecule has 0 fully saturated rings. The van der Waals surface area contributed by atoms with Gasteiger partial charge in [0.25, 0.3) is 0 Å². The van der Waals surface area contributed by atoms with E-state index in [9.17, 15) is 9.90 Å². The predicted molar refractivity (Wildman–Crippen MR) is 118 cm³/mol. The molecule has 0 unspecified atom stereocenters. The van der Waals surface area contributed by atoms with E-state index in [2.05, 4.69) is 34.6 Å². The number of hydrogen-bond donors (Lipinski definition) is 2. The van der Waals surface area contributed by atoms with Gasteiger partial charge in [-0.1, -0.05) is 60.7 Å². The van der Waals surface area contributed by atoms with Crippen LogP contribution in [0.25, 0.3) is 22.4 Å². The average molecular weight is 414 g/mol. The van der Waals surface area contributed by atoms with Gasteiger partial charge in [0.2, 0.25) is 0 Å². The monoisotopic (exact) mass is 414 g/mol. The Morgan fingerprint density at radius 1 is 0.933 bits per heavy atom. The van der Waals surface area contributed by atoms with E-state index in [-0.39, 0.29) is 18.3 Å². The lowest BCUT2D eigenvalue weighted by Gasteiger charge is -2.14. The molecular formula is C24H18N2O3S. The summed E-state index contributed by atoms with van der Waals surface area (Å²) in [6.07, 6.45) is -0.546. The summed E-state index contributed by atoms with van der Waals surface area (Å²) in [5, 5.41) is 14.9. The molecule has 1 aliphatic rings. The van der Waals surface area contributed by atoms with Gasteiger partial charge in [-0.15, -0.1) is 11.3 Å². The highest BCUT2D eigenvalue weighted by Crippen LogP contribution is 2.44. The first kappa shape index (κ1) is 18.4. The topological polar surface area (TPSA) is 71.5 Å². The smallest absolute Gasteiger partial charge is 0.413 e. The molecule has 0 spiro atoms. The molecule has 2 N–H and O–H groups in total. The number of nitrogens with one attached hydrogen (secondary N) is 1. The zero-order valence-electron chi connectivity index (χ0n) is 15.9. The van der Waals surface area contributed by atoms with E-state index in [1.165, 1.54) is 33.6 Å². The van der Waals surface area contributed by atoms with Gasteiger partial charge in [-0.05, 0) is 34.4 Å². The number of rotatable bonds is 4. The molecule has 0 bridgehead atoms. The Morgan fingerprint density at radius 2 is 1.53 bits per heavy atom. The van der Waals surface area contributed by atoms with Gasteiger partial charge in [0, 0.05) is 16.9 Å². The predicted octanol–water partition coefficient (Wildman–Crippen LogP) is 5.88. The van der Waals surface area contributed by atoms with Gasteiger partial charge >= 0.3 is 6.09 Å². The number of nitrogens with zero attached hydrogens (tertiary/aromatic N) is 1. The largest absolute Gasteiger partial charge is 0.507 e. The standard InChI is InChI=1S/C24H18N2O3S/c27-22-12-6-5-11-19(22)21-14-30-23(25-21)26-24(28)29-13-20-17-9-3-1-7-15(17)16-8-2-4-10-18(16)20/h1-12,14,20,27H,13H2,(H,25,26,28). The van der Waals surface area contributed by atoms with Crippen molar-refractivity contribution in [1.82, 2.24) is 4.98 Å². The Kier molecular flexibility index (Phi) is 4.69. The van der Waals surface area contributed by atoms with Gasteiger partial charge in [-0.3, -0.25) is 5.32 Å². The van der Waals surface area contributed by atoms with Crippen molar-refractivity contribution in [3.8, 4) is 28.1 Å². The number of anilines is 1. The van der Waals surface area contributed by atoms with Crippen LogP contribution in [-0.4, -0.2) is 22.8 Å². The zero-order chi connectivity index (χ0) is 20.5. The van der Waals surface area contributed by atoms with Crippen LogP contribution in [0.5, 0.6) is 5.75 Å². The van der Waals surface area contributed by atoms with Crippen molar-refractivity contribution in [3.63, 3.8) is 0 Å². The van der Waals surface area contributed by atoms with Crippen molar-refractivity contribution < 1.29 is 14.6 Å². The Balaban J connectivity index is 1.28. The van der Waals surface area contributed by atoms with Gasteiger partial charge in [-0.25, -0.2) is 9.78 Å². The van der Waals surface area contributed by atoms with Gasteiger partial charge in [-0.2, -0.15) is 0 Å². The van der Waals surface area contributed by atoms with E-state index < -0.39 is 6.09 Å². The number of ether oxygens (including phenoxy) is 1. The number of aromatic hydroxyl groups is 1. The lowest BCUT2D eigenvalue weighted by molar-refractivity contribution is 0.158. The number of carbonyl (C=O) groups is 1. The quantitative estimate of drug-likeness (QED) is 0.438. The molecule has 6 heteroatoms. The van der Waals surface area contributed by atoms with E-state index in [0.717, 1.165) is 0 Å². The molecule has 3 aromatic carbocycles. The van der Waals surface area contributed by atoms with Crippen molar-refractivity contribution in [1.29, 1.82) is 0 Å². The molecular weight excluding hydrogens is 396 g/mol. The number of hydrogen-bond acceptors (Lipinski definition) is 5. The summed E-state index contributed by atoms with van der Waals surface area (Å²) in [4.78, 5) is 16.8. The minimum atomic E-state index is -0.546. The molecule has 4 aromatic rings. The summed E-state index contributed by atoms with van der Waals surface area (Å²) in [6, 6.07) is 23.4. The summed E-state index contributed by atoms with van der Waals surface area (Å²) in [5.74, 6) is 0.159. The Labute approximate surface area is 177 Å². The van der Waals surface area contributed by atoms with Gasteiger partial charge < -0.3 is 9.84 Å². The SMILES string of the molecule is O=C(Nc1nc(-c2ccccc2O)cs1)OCC1c2ccccc2-c2ccccc21. The maximum atomic E-state index is 12.4. The van der Waals surface area contributed by atoms with Crippen molar-refractivity contribution in [2.24, 2.45) is 0 Å². The lowest BCUT2D eigenvalue weighted by Crippen LogP contribution is -2.17. The molecule has 0 saturated carbocycles. The first-order chi connectivity index (χ1) is 14.7. The molecule has 1 amide bonds. The fraction of sp³-hybridized carbons (Fsp3) is 0.0833. The molecule has 0 saturated heterocycles. The fourth-order valence-electron chi connectivity index (χ4n) is 3.87. The van der Waals surface area contributed by atoms with Crippen molar-refractivity contribution in [2.75, 3.05) is 11.9 Å². The number of fused-ring (bicyclic) bond motifs is 3. The molecule has 5 nitrogen and oxygen atoms in total. The van der Waals surface area contributed by atoms with Crippen LogP contribution in [0.3, 0.4) is 0 Å². The van der Waals surface area contributed by atoms with Gasteiger partial charge in [0.1, 0.15) is 12.4 Å². The van der Waals surface area contributed by atoms with Crippen molar-refractivity contribution in [3.05, 3.63) is 89.3 Å². The van der Waals surface area contributed by atoms with E-state index in [1.54, 1.807) is 23.6 Å². The summed E-state index contributed by atoms with van der Waals surface area (Å²) in [6.45, 7) is 0.248. The highest BCUT2D eigenvalue weighted by molar-refractivity contribution is 7.14. The van der Waals surface area contributed by atoms with E-state index in [4.69, 9.17) is 4.74 Å². The summed E-state index contributed by atoms with van der Waals surface area (Å²) in [7, 11) is 0. The third-order valence-corrected chi connectivity index (χ3v) is 5.99. The normalized spacial score (nSPS) is 12.3. The molecule has 0 radical (unpaired) electrons. The first-order valence-electron chi connectivity index (χ1n) is 9.56. The van der Waals surface area contributed by atoms with Crippen LogP contribution in [0.4, 0.5) is 9.93 Å². The maximum Gasteiger partial charge on any atom is 0.413 e. The van der Waals surface area contributed by atoms with Crippen LogP contribution >= 0.6 is 11.3 Å². The molecule has 5 rings (SSSR count). The second kappa shape index (κ2) is 7.65. The number of aromatic nitrogens is 1. The van der Waals surface area contributed by atoms with Crippen LogP contribution in [0.15, 0.2) is 78.2 Å². The molecule has 30 heavy (non-hydrogen) atoms. The molecule has 0 aliphatic heterocycles. The third kappa shape index (κ3) is 3.31. The van der Waals surface area contributed by atoms with Gasteiger partial charge in [0.05, 0.1) is 5.69 Å². The lowest BCUT2D eigenvalue weighted by atomic mass is 9.98. The third-order valence-electron chi connectivity index (χ3n) is 5.24.